The Kier molecular flexibility index (Phi) is 3.36. The fourth-order valence-electron chi connectivity index (χ4n) is 2.50. The zero-order valence-corrected chi connectivity index (χ0v) is 11.6. The van der Waals surface area contributed by atoms with E-state index in [4.69, 9.17) is 16.3 Å². The second-order valence-electron chi connectivity index (χ2n) is 4.69. The van der Waals surface area contributed by atoms with Crippen molar-refractivity contribution in [1.29, 1.82) is 0 Å². The molecular formula is C15H13ClFNO2. The lowest BCUT2D eigenvalue weighted by molar-refractivity contribution is -0.104. The van der Waals surface area contributed by atoms with E-state index in [9.17, 15) is 9.18 Å². The van der Waals surface area contributed by atoms with Crippen LogP contribution in [0.4, 0.5) is 4.39 Å². The van der Waals surface area contributed by atoms with Crippen LogP contribution in [0.25, 0.3) is 5.70 Å². The highest BCUT2D eigenvalue weighted by atomic mass is 35.5. The minimum absolute atomic E-state index is 0.152. The van der Waals surface area contributed by atoms with Crippen molar-refractivity contribution in [2.45, 2.75) is 19.3 Å². The van der Waals surface area contributed by atoms with E-state index < -0.39 is 0 Å². The van der Waals surface area contributed by atoms with E-state index >= 15 is 0 Å². The summed E-state index contributed by atoms with van der Waals surface area (Å²) in [6.07, 6.45) is 2.08. The standard InChI is InChI=1S/C15H13ClFNO2/c1-2-18-13(9-3-5-11(17)6-4-9)10(8-19)7-12(16)14-15(18)20-14/h3-8,14-15H,2H2,1H3. The molecule has 0 aromatic heterocycles. The number of hydrogen-bond acceptors (Lipinski definition) is 3. The Balaban J connectivity index is 2.14. The molecule has 2 aliphatic rings. The fraction of sp³-hybridized carbons (Fsp3) is 0.267. The highest BCUT2D eigenvalue weighted by molar-refractivity contribution is 6.31. The van der Waals surface area contributed by atoms with Crippen LogP contribution in [-0.2, 0) is 9.53 Å². The van der Waals surface area contributed by atoms with Crippen LogP contribution in [0.15, 0.2) is 40.9 Å². The van der Waals surface area contributed by atoms with Crippen molar-refractivity contribution in [3.8, 4) is 0 Å². The van der Waals surface area contributed by atoms with Crippen LogP contribution >= 0.6 is 11.6 Å². The molecule has 20 heavy (non-hydrogen) atoms. The summed E-state index contributed by atoms with van der Waals surface area (Å²) in [6.45, 7) is 2.65. The second kappa shape index (κ2) is 5.04. The molecule has 1 fully saturated rings. The summed E-state index contributed by atoms with van der Waals surface area (Å²) in [6, 6.07) is 6.06. The van der Waals surface area contributed by atoms with Crippen LogP contribution in [-0.4, -0.2) is 30.1 Å². The molecule has 3 nitrogen and oxygen atoms in total. The first kappa shape index (κ1) is 13.3. The van der Waals surface area contributed by atoms with Crippen molar-refractivity contribution in [3.05, 3.63) is 52.3 Å². The van der Waals surface area contributed by atoms with E-state index in [1.807, 2.05) is 11.8 Å². The molecule has 0 radical (unpaired) electrons. The number of halogens is 2. The zero-order chi connectivity index (χ0) is 14.3. The molecule has 1 aromatic carbocycles. The molecule has 0 spiro atoms. The van der Waals surface area contributed by atoms with E-state index in [0.717, 1.165) is 17.5 Å². The maximum Gasteiger partial charge on any atom is 0.163 e. The first-order chi connectivity index (χ1) is 9.65. The van der Waals surface area contributed by atoms with Gasteiger partial charge in [-0.2, -0.15) is 0 Å². The topological polar surface area (TPSA) is 32.8 Å². The van der Waals surface area contributed by atoms with Gasteiger partial charge >= 0.3 is 0 Å². The number of epoxide rings is 1. The molecule has 2 aliphatic heterocycles. The van der Waals surface area contributed by atoms with E-state index in [1.165, 1.54) is 12.1 Å². The predicted molar refractivity (Wildman–Crippen MR) is 74.4 cm³/mol. The number of hydrogen-bond donors (Lipinski definition) is 0. The SMILES string of the molecule is CCN1C(c2ccc(F)cc2)=C(C=O)C=C(Cl)C2OC21. The number of carbonyl (C=O) groups is 1. The van der Waals surface area contributed by atoms with Crippen molar-refractivity contribution in [1.82, 2.24) is 4.90 Å². The van der Waals surface area contributed by atoms with Crippen LogP contribution < -0.4 is 0 Å². The third-order valence-electron chi connectivity index (χ3n) is 3.49. The number of allylic oxidation sites excluding steroid dienone is 2. The number of nitrogens with zero attached hydrogens (tertiary/aromatic N) is 1. The van der Waals surface area contributed by atoms with Gasteiger partial charge in [0, 0.05) is 12.1 Å². The van der Waals surface area contributed by atoms with Crippen molar-refractivity contribution >= 4 is 23.6 Å². The Hall–Kier alpha value is -1.65. The predicted octanol–water partition coefficient (Wildman–Crippen LogP) is 2.92. The van der Waals surface area contributed by atoms with Gasteiger partial charge in [-0.3, -0.25) is 4.79 Å². The fourth-order valence-corrected chi connectivity index (χ4v) is 2.78. The number of carbonyl (C=O) groups excluding carboxylic acids is 1. The first-order valence-corrected chi connectivity index (χ1v) is 6.78. The van der Waals surface area contributed by atoms with Gasteiger partial charge in [0.2, 0.25) is 0 Å². The molecule has 0 aliphatic carbocycles. The maximum absolute atomic E-state index is 13.1. The lowest BCUT2D eigenvalue weighted by atomic mass is 10.1. The quantitative estimate of drug-likeness (QED) is 0.634. The molecule has 3 rings (SSSR count). The molecule has 0 amide bonds. The highest BCUT2D eigenvalue weighted by Crippen LogP contribution is 2.42. The minimum atomic E-state index is -0.312. The lowest BCUT2D eigenvalue weighted by Crippen LogP contribution is -2.27. The number of fused-ring (bicyclic) bond motifs is 1. The maximum atomic E-state index is 13.1. The Morgan fingerprint density at radius 2 is 2.10 bits per heavy atom. The third kappa shape index (κ3) is 2.15. The molecule has 2 atom stereocenters. The number of likely N-dealkylation sites (N-methyl/N-ethyl adjacent to an activating group) is 1. The molecule has 0 bridgehead atoms. The number of benzene rings is 1. The average Bonchev–Trinajstić information content (AvgIpc) is 3.23. The number of aldehydes is 1. The van der Waals surface area contributed by atoms with Gasteiger partial charge in [-0.05, 0) is 42.8 Å². The Bertz CT molecular complexity index is 609. The molecule has 0 saturated carbocycles. The Labute approximate surface area is 121 Å². The second-order valence-corrected chi connectivity index (χ2v) is 5.13. The van der Waals surface area contributed by atoms with Gasteiger partial charge in [0.25, 0.3) is 0 Å². The van der Waals surface area contributed by atoms with Crippen LogP contribution in [0.2, 0.25) is 0 Å². The average molecular weight is 294 g/mol. The van der Waals surface area contributed by atoms with Gasteiger partial charge in [-0.1, -0.05) is 11.6 Å². The van der Waals surface area contributed by atoms with Gasteiger partial charge in [0.05, 0.1) is 10.7 Å². The molecular weight excluding hydrogens is 281 g/mol. The molecule has 0 N–H and O–H groups in total. The molecule has 2 unspecified atom stereocenters. The molecule has 1 saturated heterocycles. The molecule has 1 aromatic rings. The summed E-state index contributed by atoms with van der Waals surface area (Å²) >= 11 is 6.14. The van der Waals surface area contributed by atoms with Crippen molar-refractivity contribution in [2.24, 2.45) is 0 Å². The van der Waals surface area contributed by atoms with Gasteiger partial charge < -0.3 is 9.64 Å². The van der Waals surface area contributed by atoms with E-state index in [0.29, 0.717) is 17.2 Å². The summed E-state index contributed by atoms with van der Waals surface area (Å²) in [5.41, 5.74) is 1.98. The van der Waals surface area contributed by atoms with Crippen LogP contribution in [0.3, 0.4) is 0 Å². The van der Waals surface area contributed by atoms with E-state index in [-0.39, 0.29) is 18.1 Å². The minimum Gasteiger partial charge on any atom is -0.343 e. The number of ether oxygens (including phenoxy) is 1. The van der Waals surface area contributed by atoms with Crippen molar-refractivity contribution in [2.75, 3.05) is 6.54 Å². The Morgan fingerprint density at radius 1 is 1.40 bits per heavy atom. The summed E-state index contributed by atoms with van der Waals surface area (Å²) in [5.74, 6) is -0.312. The van der Waals surface area contributed by atoms with E-state index in [2.05, 4.69) is 0 Å². The van der Waals surface area contributed by atoms with Gasteiger partial charge in [-0.25, -0.2) is 4.39 Å². The smallest absolute Gasteiger partial charge is 0.163 e. The first-order valence-electron chi connectivity index (χ1n) is 6.40. The monoisotopic (exact) mass is 293 g/mol. The summed E-state index contributed by atoms with van der Waals surface area (Å²) in [4.78, 5) is 13.4. The Morgan fingerprint density at radius 3 is 2.70 bits per heavy atom. The lowest BCUT2D eigenvalue weighted by Gasteiger charge is -2.25. The third-order valence-corrected chi connectivity index (χ3v) is 3.81. The largest absolute Gasteiger partial charge is 0.343 e. The van der Waals surface area contributed by atoms with Crippen molar-refractivity contribution in [3.63, 3.8) is 0 Å². The van der Waals surface area contributed by atoms with Crippen molar-refractivity contribution < 1.29 is 13.9 Å². The number of rotatable bonds is 3. The summed E-state index contributed by atoms with van der Waals surface area (Å²) in [5, 5.41) is 0.521. The van der Waals surface area contributed by atoms with Gasteiger partial charge in [0.1, 0.15) is 11.9 Å². The molecule has 5 heteroatoms. The zero-order valence-electron chi connectivity index (χ0n) is 10.8. The molecule has 2 heterocycles. The normalized spacial score (nSPS) is 24.9. The summed E-state index contributed by atoms with van der Waals surface area (Å²) < 4.78 is 18.6. The van der Waals surface area contributed by atoms with Crippen LogP contribution in [0, 0.1) is 5.82 Å². The highest BCUT2D eigenvalue weighted by Gasteiger charge is 2.48. The summed E-state index contributed by atoms with van der Waals surface area (Å²) in [7, 11) is 0. The van der Waals surface area contributed by atoms with Crippen LogP contribution in [0.5, 0.6) is 0 Å². The molecule has 104 valence electrons. The van der Waals surface area contributed by atoms with E-state index in [1.54, 1.807) is 18.2 Å². The van der Waals surface area contributed by atoms with Gasteiger partial charge in [-0.15, -0.1) is 0 Å². The van der Waals surface area contributed by atoms with Crippen LogP contribution in [0.1, 0.15) is 12.5 Å². The van der Waals surface area contributed by atoms with Gasteiger partial charge in [0.15, 0.2) is 12.5 Å².